The van der Waals surface area contributed by atoms with Gasteiger partial charge in [-0.2, -0.15) is 0 Å². The quantitative estimate of drug-likeness (QED) is 0.707. The summed E-state index contributed by atoms with van der Waals surface area (Å²) in [6.07, 6.45) is 4.40. The average Bonchev–Trinajstić information content (AvgIpc) is 2.80. The van der Waals surface area contributed by atoms with Gasteiger partial charge in [-0.05, 0) is 45.6 Å². The van der Waals surface area contributed by atoms with Crippen molar-refractivity contribution in [3.63, 3.8) is 0 Å². The van der Waals surface area contributed by atoms with Crippen LogP contribution in [-0.2, 0) is 14.6 Å². The Hall–Kier alpha value is -0.130. The van der Waals surface area contributed by atoms with Crippen LogP contribution in [0.25, 0.3) is 0 Å². The molecule has 0 amide bonds. The van der Waals surface area contributed by atoms with Gasteiger partial charge in [0, 0.05) is 12.6 Å². The molecule has 1 fully saturated rings. The minimum absolute atomic E-state index is 0.134. The molecule has 1 saturated heterocycles. The number of rotatable bonds is 9. The normalized spacial score (nSPS) is 25.6. The van der Waals surface area contributed by atoms with Gasteiger partial charge in [-0.3, -0.25) is 0 Å². The lowest BCUT2D eigenvalue weighted by Crippen LogP contribution is -2.32. The molecule has 0 aromatic heterocycles. The van der Waals surface area contributed by atoms with E-state index in [9.17, 15) is 8.42 Å². The van der Waals surface area contributed by atoms with Gasteiger partial charge >= 0.3 is 0 Å². The van der Waals surface area contributed by atoms with Crippen LogP contribution in [-0.4, -0.2) is 44.7 Å². The van der Waals surface area contributed by atoms with Crippen LogP contribution in [0.3, 0.4) is 0 Å². The molecule has 114 valence electrons. The molecule has 4 nitrogen and oxygen atoms in total. The molecule has 19 heavy (non-hydrogen) atoms. The number of hydrogen-bond donors (Lipinski definition) is 1. The lowest BCUT2D eigenvalue weighted by molar-refractivity contribution is 0.126. The fourth-order valence-electron chi connectivity index (χ4n) is 2.66. The third kappa shape index (κ3) is 5.40. The summed E-state index contributed by atoms with van der Waals surface area (Å²) >= 11 is 0. The SMILES string of the molecule is CCCNC(CC)CCCS(=O)(=O)C1CCOC1C. The highest BCUT2D eigenvalue weighted by Gasteiger charge is 2.35. The summed E-state index contributed by atoms with van der Waals surface area (Å²) in [6, 6.07) is 0.451. The highest BCUT2D eigenvalue weighted by Crippen LogP contribution is 2.22. The lowest BCUT2D eigenvalue weighted by Gasteiger charge is -2.18. The van der Waals surface area contributed by atoms with E-state index >= 15 is 0 Å². The number of sulfone groups is 1. The second kappa shape index (κ2) is 8.22. The van der Waals surface area contributed by atoms with Gasteiger partial charge in [-0.1, -0.05) is 13.8 Å². The zero-order chi connectivity index (χ0) is 14.3. The molecule has 3 atom stereocenters. The van der Waals surface area contributed by atoms with E-state index in [2.05, 4.69) is 19.2 Å². The molecule has 1 rings (SSSR count). The zero-order valence-electron chi connectivity index (χ0n) is 12.5. The lowest BCUT2D eigenvalue weighted by atomic mass is 10.1. The first-order chi connectivity index (χ1) is 9.01. The summed E-state index contributed by atoms with van der Waals surface area (Å²) in [4.78, 5) is 0. The second-order valence-electron chi connectivity index (χ2n) is 5.47. The van der Waals surface area contributed by atoms with E-state index < -0.39 is 9.84 Å². The maximum Gasteiger partial charge on any atom is 0.155 e. The Morgan fingerprint density at radius 2 is 2.11 bits per heavy atom. The minimum atomic E-state index is -2.99. The predicted octanol–water partition coefficient (Wildman–Crippen LogP) is 2.14. The number of hydrogen-bond acceptors (Lipinski definition) is 4. The fourth-order valence-corrected chi connectivity index (χ4v) is 4.65. The maximum atomic E-state index is 12.2. The van der Waals surface area contributed by atoms with Crippen molar-refractivity contribution in [1.82, 2.24) is 5.32 Å². The molecule has 5 heteroatoms. The van der Waals surface area contributed by atoms with Crippen LogP contribution in [0.1, 0.15) is 52.9 Å². The second-order valence-corrected chi connectivity index (χ2v) is 7.81. The molecule has 1 aliphatic rings. The van der Waals surface area contributed by atoms with Crippen molar-refractivity contribution in [1.29, 1.82) is 0 Å². The summed E-state index contributed by atoms with van der Waals surface area (Å²) in [6.45, 7) is 7.76. The largest absolute Gasteiger partial charge is 0.377 e. The molecular formula is C14H29NO3S. The first-order valence-corrected chi connectivity index (χ1v) is 9.29. The molecule has 0 radical (unpaired) electrons. The van der Waals surface area contributed by atoms with Crippen molar-refractivity contribution in [3.05, 3.63) is 0 Å². The van der Waals surface area contributed by atoms with Crippen molar-refractivity contribution in [2.45, 2.75) is 70.3 Å². The topological polar surface area (TPSA) is 55.4 Å². The van der Waals surface area contributed by atoms with Gasteiger partial charge in [-0.25, -0.2) is 8.42 Å². The Morgan fingerprint density at radius 3 is 2.63 bits per heavy atom. The Bertz CT molecular complexity index is 343. The Balaban J connectivity index is 2.34. The minimum Gasteiger partial charge on any atom is -0.377 e. The third-order valence-corrected chi connectivity index (χ3v) is 6.32. The maximum absolute atomic E-state index is 12.2. The smallest absolute Gasteiger partial charge is 0.155 e. The molecule has 1 heterocycles. The average molecular weight is 291 g/mol. The first-order valence-electron chi connectivity index (χ1n) is 7.57. The van der Waals surface area contributed by atoms with Crippen LogP contribution in [0.4, 0.5) is 0 Å². The summed E-state index contributed by atoms with van der Waals surface area (Å²) < 4.78 is 29.8. The zero-order valence-corrected chi connectivity index (χ0v) is 13.3. The van der Waals surface area contributed by atoms with Crippen molar-refractivity contribution < 1.29 is 13.2 Å². The first kappa shape index (κ1) is 16.9. The van der Waals surface area contributed by atoms with Crippen molar-refractivity contribution in [2.75, 3.05) is 18.9 Å². The predicted molar refractivity (Wildman–Crippen MR) is 79.2 cm³/mol. The van der Waals surface area contributed by atoms with Crippen LogP contribution < -0.4 is 5.32 Å². The third-order valence-electron chi connectivity index (χ3n) is 3.93. The van der Waals surface area contributed by atoms with Gasteiger partial charge in [0.2, 0.25) is 0 Å². The Morgan fingerprint density at radius 1 is 1.37 bits per heavy atom. The van der Waals surface area contributed by atoms with Crippen molar-refractivity contribution >= 4 is 9.84 Å². The fraction of sp³-hybridized carbons (Fsp3) is 1.00. The van der Waals surface area contributed by atoms with E-state index in [1.807, 2.05) is 6.92 Å². The van der Waals surface area contributed by atoms with E-state index in [0.29, 0.717) is 24.8 Å². The molecule has 0 saturated carbocycles. The molecular weight excluding hydrogens is 262 g/mol. The van der Waals surface area contributed by atoms with E-state index in [-0.39, 0.29) is 11.4 Å². The summed E-state index contributed by atoms with van der Waals surface area (Å²) in [5.41, 5.74) is 0. The monoisotopic (exact) mass is 291 g/mol. The van der Waals surface area contributed by atoms with Gasteiger partial charge in [-0.15, -0.1) is 0 Å². The van der Waals surface area contributed by atoms with Crippen LogP contribution in [0.5, 0.6) is 0 Å². The molecule has 0 aliphatic carbocycles. The standard InChI is InChI=1S/C14H29NO3S/c1-4-9-15-13(5-2)7-6-11-19(16,17)14-8-10-18-12(14)3/h12-15H,4-11H2,1-3H3. The molecule has 0 aromatic rings. The highest BCUT2D eigenvalue weighted by molar-refractivity contribution is 7.92. The van der Waals surface area contributed by atoms with E-state index in [1.54, 1.807) is 0 Å². The Kier molecular flexibility index (Phi) is 7.32. The molecule has 1 N–H and O–H groups in total. The summed E-state index contributed by atoms with van der Waals surface area (Å²) in [5.74, 6) is 0.301. The number of nitrogens with one attached hydrogen (secondary N) is 1. The van der Waals surface area contributed by atoms with Crippen LogP contribution in [0.15, 0.2) is 0 Å². The molecule has 0 bridgehead atoms. The van der Waals surface area contributed by atoms with Crippen LogP contribution in [0.2, 0.25) is 0 Å². The summed E-state index contributed by atoms with van der Waals surface area (Å²) in [5, 5.41) is 3.18. The Labute approximate surface area is 118 Å². The van der Waals surface area contributed by atoms with Gasteiger partial charge < -0.3 is 10.1 Å². The van der Waals surface area contributed by atoms with Gasteiger partial charge in [0.25, 0.3) is 0 Å². The van der Waals surface area contributed by atoms with E-state index in [1.165, 1.54) is 0 Å². The van der Waals surface area contributed by atoms with Gasteiger partial charge in [0.05, 0.1) is 17.1 Å². The van der Waals surface area contributed by atoms with Crippen LogP contribution in [0, 0.1) is 0 Å². The molecule has 1 aliphatic heterocycles. The van der Waals surface area contributed by atoms with Gasteiger partial charge in [0.15, 0.2) is 9.84 Å². The van der Waals surface area contributed by atoms with Crippen molar-refractivity contribution in [2.24, 2.45) is 0 Å². The molecule has 0 aromatic carbocycles. The van der Waals surface area contributed by atoms with Crippen molar-refractivity contribution in [3.8, 4) is 0 Å². The van der Waals surface area contributed by atoms with E-state index in [0.717, 1.165) is 32.2 Å². The molecule has 3 unspecified atom stereocenters. The van der Waals surface area contributed by atoms with Gasteiger partial charge in [0.1, 0.15) is 0 Å². The highest BCUT2D eigenvalue weighted by atomic mass is 32.2. The van der Waals surface area contributed by atoms with Crippen LogP contribution >= 0.6 is 0 Å². The molecule has 0 spiro atoms. The number of ether oxygens (including phenoxy) is 1. The van der Waals surface area contributed by atoms with E-state index in [4.69, 9.17) is 4.74 Å². The summed E-state index contributed by atoms with van der Waals surface area (Å²) in [7, 11) is -2.99.